The second-order valence-electron chi connectivity index (χ2n) is 4.32. The lowest BCUT2D eigenvalue weighted by Crippen LogP contribution is -2.06. The molecule has 8 heteroatoms. The Morgan fingerprint density at radius 3 is 2.86 bits per heavy atom. The van der Waals surface area contributed by atoms with E-state index in [-0.39, 0.29) is 0 Å². The van der Waals surface area contributed by atoms with Crippen LogP contribution < -0.4 is 10.6 Å². The minimum atomic E-state index is 0.375. The second kappa shape index (κ2) is 6.64. The monoisotopic (exact) mass is 335 g/mol. The standard InChI is InChI=1S/C14H11Cl2N5O/c15-10-4-1-5-11(13(10)16)19-12-8-18-21-14(20-12)17-7-9-3-2-6-22-9/h1-6,8H,7H2,(H2,17,19,20,21). The Balaban J connectivity index is 1.72. The summed E-state index contributed by atoms with van der Waals surface area (Å²) in [5, 5.41) is 14.8. The average Bonchev–Trinajstić information content (AvgIpc) is 3.04. The van der Waals surface area contributed by atoms with Gasteiger partial charge >= 0.3 is 0 Å². The third kappa shape index (κ3) is 3.47. The van der Waals surface area contributed by atoms with Crippen molar-refractivity contribution >= 4 is 40.7 Å². The quantitative estimate of drug-likeness (QED) is 0.730. The van der Waals surface area contributed by atoms with Crippen LogP contribution >= 0.6 is 23.2 Å². The van der Waals surface area contributed by atoms with Crippen molar-refractivity contribution in [2.45, 2.75) is 6.54 Å². The zero-order valence-corrected chi connectivity index (χ0v) is 12.8. The van der Waals surface area contributed by atoms with Crippen molar-refractivity contribution in [3.8, 4) is 0 Å². The Bertz CT molecular complexity index is 764. The number of furan rings is 1. The van der Waals surface area contributed by atoms with Crippen molar-refractivity contribution in [1.82, 2.24) is 15.2 Å². The van der Waals surface area contributed by atoms with Crippen LogP contribution in [-0.4, -0.2) is 15.2 Å². The first kappa shape index (κ1) is 14.6. The van der Waals surface area contributed by atoms with E-state index < -0.39 is 0 Å². The van der Waals surface area contributed by atoms with Gasteiger partial charge in [-0.2, -0.15) is 10.1 Å². The molecule has 0 saturated heterocycles. The van der Waals surface area contributed by atoms with Gasteiger partial charge in [0.2, 0.25) is 5.95 Å². The first-order valence-electron chi connectivity index (χ1n) is 6.39. The summed E-state index contributed by atoms with van der Waals surface area (Å²) in [5.41, 5.74) is 0.645. The molecule has 0 aliphatic rings. The average molecular weight is 336 g/mol. The molecule has 0 atom stereocenters. The fraction of sp³-hybridized carbons (Fsp3) is 0.0714. The van der Waals surface area contributed by atoms with E-state index in [0.29, 0.717) is 34.0 Å². The summed E-state index contributed by atoms with van der Waals surface area (Å²) < 4.78 is 5.22. The summed E-state index contributed by atoms with van der Waals surface area (Å²) in [7, 11) is 0. The number of benzene rings is 1. The molecular weight excluding hydrogens is 325 g/mol. The molecule has 2 heterocycles. The molecule has 2 aromatic heterocycles. The Morgan fingerprint density at radius 1 is 1.14 bits per heavy atom. The van der Waals surface area contributed by atoms with Gasteiger partial charge < -0.3 is 15.1 Å². The lowest BCUT2D eigenvalue weighted by Gasteiger charge is -2.09. The third-order valence-electron chi connectivity index (χ3n) is 2.77. The van der Waals surface area contributed by atoms with Gasteiger partial charge in [0, 0.05) is 0 Å². The van der Waals surface area contributed by atoms with Gasteiger partial charge in [-0.25, -0.2) is 0 Å². The minimum Gasteiger partial charge on any atom is -0.467 e. The zero-order valence-electron chi connectivity index (χ0n) is 11.3. The smallest absolute Gasteiger partial charge is 0.245 e. The Kier molecular flexibility index (Phi) is 4.41. The molecule has 0 aliphatic heterocycles. The van der Waals surface area contributed by atoms with Crippen molar-refractivity contribution in [3.63, 3.8) is 0 Å². The molecule has 3 rings (SSSR count). The van der Waals surface area contributed by atoms with E-state index in [2.05, 4.69) is 25.8 Å². The molecule has 0 saturated carbocycles. The zero-order chi connectivity index (χ0) is 15.4. The molecule has 0 bridgehead atoms. The molecule has 6 nitrogen and oxygen atoms in total. The highest BCUT2D eigenvalue weighted by atomic mass is 35.5. The number of nitrogens with zero attached hydrogens (tertiary/aromatic N) is 3. The van der Waals surface area contributed by atoms with Crippen LogP contribution in [0.15, 0.2) is 47.2 Å². The summed E-state index contributed by atoms with van der Waals surface area (Å²) in [5.74, 6) is 1.65. The predicted octanol–water partition coefficient (Wildman–Crippen LogP) is 4.13. The Hall–Kier alpha value is -2.31. The second-order valence-corrected chi connectivity index (χ2v) is 5.11. The van der Waals surface area contributed by atoms with Crippen LogP contribution in [0.25, 0.3) is 0 Å². The highest BCUT2D eigenvalue weighted by molar-refractivity contribution is 6.43. The molecule has 22 heavy (non-hydrogen) atoms. The van der Waals surface area contributed by atoms with Gasteiger partial charge in [-0.15, -0.1) is 5.10 Å². The number of aromatic nitrogens is 3. The molecule has 0 spiro atoms. The lowest BCUT2D eigenvalue weighted by atomic mass is 10.3. The normalized spacial score (nSPS) is 10.5. The van der Waals surface area contributed by atoms with Gasteiger partial charge in [-0.3, -0.25) is 0 Å². The number of anilines is 3. The fourth-order valence-electron chi connectivity index (χ4n) is 1.76. The van der Waals surface area contributed by atoms with Gasteiger partial charge in [0.05, 0.1) is 34.7 Å². The van der Waals surface area contributed by atoms with E-state index in [0.717, 1.165) is 5.76 Å². The highest BCUT2D eigenvalue weighted by Crippen LogP contribution is 2.31. The largest absolute Gasteiger partial charge is 0.467 e. The fourth-order valence-corrected chi connectivity index (χ4v) is 2.10. The molecule has 3 aromatic rings. The molecule has 0 radical (unpaired) electrons. The SMILES string of the molecule is Clc1cccc(Nc2cnnc(NCc3ccco3)n2)c1Cl. The summed E-state index contributed by atoms with van der Waals surface area (Å²) in [6, 6.07) is 8.97. The minimum absolute atomic E-state index is 0.375. The van der Waals surface area contributed by atoms with E-state index in [9.17, 15) is 0 Å². The van der Waals surface area contributed by atoms with Gasteiger partial charge in [-0.05, 0) is 24.3 Å². The van der Waals surface area contributed by atoms with E-state index in [1.165, 1.54) is 6.20 Å². The van der Waals surface area contributed by atoms with Crippen LogP contribution in [0.3, 0.4) is 0 Å². The predicted molar refractivity (Wildman–Crippen MR) is 85.6 cm³/mol. The number of halogens is 2. The lowest BCUT2D eigenvalue weighted by molar-refractivity contribution is 0.517. The first-order valence-corrected chi connectivity index (χ1v) is 7.15. The van der Waals surface area contributed by atoms with Crippen LogP contribution in [-0.2, 0) is 6.54 Å². The van der Waals surface area contributed by atoms with Crippen molar-refractivity contribution in [2.24, 2.45) is 0 Å². The number of hydrogen-bond acceptors (Lipinski definition) is 6. The Morgan fingerprint density at radius 2 is 2.05 bits per heavy atom. The topological polar surface area (TPSA) is 75.9 Å². The molecule has 0 amide bonds. The molecule has 2 N–H and O–H groups in total. The maximum absolute atomic E-state index is 6.13. The third-order valence-corrected chi connectivity index (χ3v) is 3.59. The maximum atomic E-state index is 6.13. The molecule has 0 aliphatic carbocycles. The highest BCUT2D eigenvalue weighted by Gasteiger charge is 2.07. The van der Waals surface area contributed by atoms with Crippen molar-refractivity contribution < 1.29 is 4.42 Å². The number of hydrogen-bond donors (Lipinski definition) is 2. The van der Waals surface area contributed by atoms with E-state index in [1.54, 1.807) is 24.5 Å². The molecular formula is C14H11Cl2N5O. The summed E-state index contributed by atoms with van der Waals surface area (Å²) in [4.78, 5) is 4.30. The molecule has 112 valence electrons. The van der Waals surface area contributed by atoms with Gasteiger partial charge in [0.25, 0.3) is 0 Å². The van der Waals surface area contributed by atoms with Crippen LogP contribution in [0, 0.1) is 0 Å². The maximum Gasteiger partial charge on any atom is 0.245 e. The summed E-state index contributed by atoms with van der Waals surface area (Å²) >= 11 is 12.1. The summed E-state index contributed by atoms with van der Waals surface area (Å²) in [6.07, 6.45) is 3.10. The van der Waals surface area contributed by atoms with E-state index >= 15 is 0 Å². The Labute approximate surface area is 136 Å². The van der Waals surface area contributed by atoms with Crippen molar-refractivity contribution in [1.29, 1.82) is 0 Å². The summed E-state index contributed by atoms with van der Waals surface area (Å²) in [6.45, 7) is 0.468. The number of nitrogens with one attached hydrogen (secondary N) is 2. The first-order chi connectivity index (χ1) is 10.7. The van der Waals surface area contributed by atoms with Crippen LogP contribution in [0.5, 0.6) is 0 Å². The van der Waals surface area contributed by atoms with E-state index in [1.807, 2.05) is 12.1 Å². The van der Waals surface area contributed by atoms with Gasteiger partial charge in [-0.1, -0.05) is 29.3 Å². The van der Waals surface area contributed by atoms with Crippen LogP contribution in [0.4, 0.5) is 17.5 Å². The van der Waals surface area contributed by atoms with Crippen LogP contribution in [0.2, 0.25) is 10.0 Å². The van der Waals surface area contributed by atoms with Gasteiger partial charge in [0.15, 0.2) is 5.82 Å². The number of rotatable bonds is 5. The molecule has 0 unspecified atom stereocenters. The van der Waals surface area contributed by atoms with Crippen molar-refractivity contribution in [3.05, 3.63) is 58.6 Å². The molecule has 0 fully saturated rings. The van der Waals surface area contributed by atoms with E-state index in [4.69, 9.17) is 27.6 Å². The molecule has 1 aromatic carbocycles. The van der Waals surface area contributed by atoms with Crippen LogP contribution in [0.1, 0.15) is 5.76 Å². The van der Waals surface area contributed by atoms with Gasteiger partial charge in [0.1, 0.15) is 5.76 Å². The van der Waals surface area contributed by atoms with Crippen molar-refractivity contribution in [2.75, 3.05) is 10.6 Å².